The van der Waals surface area contributed by atoms with Gasteiger partial charge in [-0.3, -0.25) is 0 Å². The third-order valence-corrected chi connectivity index (χ3v) is 5.11. The van der Waals surface area contributed by atoms with E-state index in [0.29, 0.717) is 26.4 Å². The van der Waals surface area contributed by atoms with Gasteiger partial charge < -0.3 is 23.7 Å². The number of ether oxygens (including phenoxy) is 5. The molecule has 2 fully saturated rings. The predicted octanol–water partition coefficient (Wildman–Crippen LogP) is 3.91. The summed E-state index contributed by atoms with van der Waals surface area (Å²) in [6, 6.07) is 20.3. The lowest BCUT2D eigenvalue weighted by atomic mass is 10.00. The highest BCUT2D eigenvalue weighted by molar-refractivity contribution is 5.14. The van der Waals surface area contributed by atoms with Gasteiger partial charge in [-0.25, -0.2) is 0 Å². The van der Waals surface area contributed by atoms with Crippen molar-refractivity contribution in [2.45, 2.75) is 51.3 Å². The summed E-state index contributed by atoms with van der Waals surface area (Å²) in [4.78, 5) is 0. The summed E-state index contributed by atoms with van der Waals surface area (Å²) in [6.07, 6.45) is -0.632. The monoisotopic (exact) mass is 384 g/mol. The van der Waals surface area contributed by atoms with Crippen LogP contribution in [-0.2, 0) is 36.9 Å². The molecule has 0 saturated carbocycles. The molecule has 2 saturated heterocycles. The standard InChI is InChI=1S/C23H28O5/c1-23(2)27-21-19(15-24-13-17-9-5-3-6-10-17)20(26-22(21)28-23)16-25-14-18-11-7-4-8-12-18/h3-12,19-22H,13-16H2,1-2H3/t19-,20-,21-,22-/m0/s1. The van der Waals surface area contributed by atoms with Gasteiger partial charge in [0, 0.05) is 5.92 Å². The van der Waals surface area contributed by atoms with Crippen LogP contribution in [0.5, 0.6) is 0 Å². The molecule has 5 heteroatoms. The second kappa shape index (κ2) is 8.72. The van der Waals surface area contributed by atoms with Crippen LogP contribution in [0.1, 0.15) is 25.0 Å². The Hall–Kier alpha value is -1.76. The number of rotatable bonds is 8. The van der Waals surface area contributed by atoms with Crippen molar-refractivity contribution in [1.82, 2.24) is 0 Å². The zero-order valence-electron chi connectivity index (χ0n) is 16.5. The Kier molecular flexibility index (Phi) is 6.09. The lowest BCUT2D eigenvalue weighted by Gasteiger charge is -2.25. The fourth-order valence-electron chi connectivity index (χ4n) is 3.76. The van der Waals surface area contributed by atoms with Gasteiger partial charge in [0.2, 0.25) is 0 Å². The number of fused-ring (bicyclic) bond motifs is 1. The van der Waals surface area contributed by atoms with E-state index in [1.54, 1.807) is 0 Å². The van der Waals surface area contributed by atoms with Crippen LogP contribution in [0, 0.1) is 5.92 Å². The minimum absolute atomic E-state index is 0.0614. The predicted molar refractivity (Wildman–Crippen MR) is 104 cm³/mol. The van der Waals surface area contributed by atoms with Gasteiger partial charge in [-0.2, -0.15) is 0 Å². The molecular formula is C23H28O5. The lowest BCUT2D eigenvalue weighted by Crippen LogP contribution is -2.35. The molecule has 2 aromatic carbocycles. The first-order chi connectivity index (χ1) is 13.6. The van der Waals surface area contributed by atoms with Crippen molar-refractivity contribution in [2.75, 3.05) is 13.2 Å². The Balaban J connectivity index is 1.34. The highest BCUT2D eigenvalue weighted by Gasteiger charge is 2.54. The quantitative estimate of drug-likeness (QED) is 0.690. The molecule has 0 spiro atoms. The van der Waals surface area contributed by atoms with Crippen molar-refractivity contribution in [3.63, 3.8) is 0 Å². The first kappa shape index (κ1) is 19.6. The van der Waals surface area contributed by atoms with Crippen molar-refractivity contribution in [1.29, 1.82) is 0 Å². The molecule has 0 aliphatic carbocycles. The normalized spacial score (nSPS) is 28.4. The second-order valence-corrected chi connectivity index (χ2v) is 7.81. The number of hydrogen-bond acceptors (Lipinski definition) is 5. The topological polar surface area (TPSA) is 46.2 Å². The van der Waals surface area contributed by atoms with Crippen LogP contribution in [0.25, 0.3) is 0 Å². The maximum atomic E-state index is 6.12. The summed E-state index contributed by atoms with van der Waals surface area (Å²) in [6.45, 7) is 5.97. The first-order valence-electron chi connectivity index (χ1n) is 9.85. The highest BCUT2D eigenvalue weighted by atomic mass is 16.8. The number of hydrogen-bond donors (Lipinski definition) is 0. The van der Waals surface area contributed by atoms with Crippen LogP contribution in [0.2, 0.25) is 0 Å². The largest absolute Gasteiger partial charge is 0.376 e. The minimum atomic E-state index is -0.636. The molecule has 4 atom stereocenters. The maximum Gasteiger partial charge on any atom is 0.188 e. The average Bonchev–Trinajstić information content (AvgIpc) is 3.15. The summed E-state index contributed by atoms with van der Waals surface area (Å²) >= 11 is 0. The Morgan fingerprint density at radius 2 is 1.36 bits per heavy atom. The van der Waals surface area contributed by atoms with E-state index in [4.69, 9.17) is 23.7 Å². The van der Waals surface area contributed by atoms with Crippen molar-refractivity contribution in [3.05, 3.63) is 71.8 Å². The lowest BCUT2D eigenvalue weighted by molar-refractivity contribution is -0.217. The molecule has 2 aromatic rings. The third kappa shape index (κ3) is 4.80. The molecule has 2 heterocycles. The van der Waals surface area contributed by atoms with Crippen LogP contribution in [-0.4, -0.2) is 37.5 Å². The zero-order valence-corrected chi connectivity index (χ0v) is 16.5. The molecule has 4 rings (SSSR count). The average molecular weight is 384 g/mol. The van der Waals surface area contributed by atoms with Gasteiger partial charge in [-0.1, -0.05) is 60.7 Å². The van der Waals surface area contributed by atoms with Gasteiger partial charge in [0.05, 0.1) is 32.5 Å². The fourth-order valence-corrected chi connectivity index (χ4v) is 3.76. The maximum absolute atomic E-state index is 6.12. The van der Waals surface area contributed by atoms with E-state index in [0.717, 1.165) is 11.1 Å². The molecular weight excluding hydrogens is 356 g/mol. The van der Waals surface area contributed by atoms with E-state index in [9.17, 15) is 0 Å². The van der Waals surface area contributed by atoms with Crippen molar-refractivity contribution >= 4 is 0 Å². The SMILES string of the molecule is CC1(C)O[C@@H]2O[C@@H](COCc3ccccc3)[C@H](COCc3ccccc3)[C@@H]2O1. The summed E-state index contributed by atoms with van der Waals surface area (Å²) in [5.41, 5.74) is 2.30. The highest BCUT2D eigenvalue weighted by Crippen LogP contribution is 2.41. The van der Waals surface area contributed by atoms with Crippen molar-refractivity contribution in [2.24, 2.45) is 5.92 Å². The third-order valence-electron chi connectivity index (χ3n) is 5.11. The molecule has 0 amide bonds. The van der Waals surface area contributed by atoms with E-state index < -0.39 is 5.79 Å². The molecule has 2 aliphatic rings. The Morgan fingerprint density at radius 3 is 1.96 bits per heavy atom. The van der Waals surface area contributed by atoms with Crippen LogP contribution in [0.15, 0.2) is 60.7 Å². The van der Waals surface area contributed by atoms with E-state index in [2.05, 4.69) is 24.3 Å². The minimum Gasteiger partial charge on any atom is -0.376 e. The molecule has 0 unspecified atom stereocenters. The van der Waals surface area contributed by atoms with Crippen LogP contribution >= 0.6 is 0 Å². The molecule has 150 valence electrons. The Labute approximate surface area is 166 Å². The van der Waals surface area contributed by atoms with Crippen LogP contribution < -0.4 is 0 Å². The number of benzene rings is 2. The van der Waals surface area contributed by atoms with E-state index >= 15 is 0 Å². The van der Waals surface area contributed by atoms with E-state index in [-0.39, 0.29) is 24.4 Å². The summed E-state index contributed by atoms with van der Waals surface area (Å²) in [7, 11) is 0. The summed E-state index contributed by atoms with van der Waals surface area (Å²) in [5.74, 6) is -0.575. The molecule has 0 bridgehead atoms. The Morgan fingerprint density at radius 1 is 0.786 bits per heavy atom. The fraction of sp³-hybridized carbons (Fsp3) is 0.478. The first-order valence-corrected chi connectivity index (χ1v) is 9.85. The van der Waals surface area contributed by atoms with Crippen molar-refractivity contribution < 1.29 is 23.7 Å². The zero-order chi connectivity index (χ0) is 19.4. The van der Waals surface area contributed by atoms with Crippen molar-refractivity contribution in [3.8, 4) is 0 Å². The summed E-state index contributed by atoms with van der Waals surface area (Å²) < 4.78 is 30.1. The van der Waals surface area contributed by atoms with E-state index in [1.807, 2.05) is 50.2 Å². The second-order valence-electron chi connectivity index (χ2n) is 7.81. The van der Waals surface area contributed by atoms with Gasteiger partial charge in [0.1, 0.15) is 6.10 Å². The van der Waals surface area contributed by atoms with Crippen LogP contribution in [0.4, 0.5) is 0 Å². The van der Waals surface area contributed by atoms with Gasteiger partial charge in [-0.15, -0.1) is 0 Å². The van der Waals surface area contributed by atoms with Gasteiger partial charge in [0.25, 0.3) is 0 Å². The smallest absolute Gasteiger partial charge is 0.188 e. The van der Waals surface area contributed by atoms with Gasteiger partial charge in [0.15, 0.2) is 12.1 Å². The molecule has 0 radical (unpaired) electrons. The van der Waals surface area contributed by atoms with Gasteiger partial charge in [-0.05, 0) is 25.0 Å². The summed E-state index contributed by atoms with van der Waals surface area (Å²) in [5, 5.41) is 0. The van der Waals surface area contributed by atoms with Crippen LogP contribution in [0.3, 0.4) is 0 Å². The molecule has 0 N–H and O–H groups in total. The molecule has 28 heavy (non-hydrogen) atoms. The molecule has 5 nitrogen and oxygen atoms in total. The molecule has 0 aromatic heterocycles. The van der Waals surface area contributed by atoms with E-state index in [1.165, 1.54) is 0 Å². The van der Waals surface area contributed by atoms with Gasteiger partial charge >= 0.3 is 0 Å². The molecule has 2 aliphatic heterocycles. The Bertz CT molecular complexity index is 733.